The predicted octanol–water partition coefficient (Wildman–Crippen LogP) is -1.07. The number of hydrogen-bond acceptors (Lipinski definition) is 5. The largest absolute Gasteiger partial charge is 0.480 e. The van der Waals surface area contributed by atoms with E-state index in [0.717, 1.165) is 11.3 Å². The molecule has 94 valence electrons. The van der Waals surface area contributed by atoms with Crippen LogP contribution in [0.3, 0.4) is 0 Å². The molecule has 0 bridgehead atoms. The topological polar surface area (TPSA) is 109 Å². The van der Waals surface area contributed by atoms with Gasteiger partial charge in [-0.2, -0.15) is 0 Å². The molecule has 3 N–H and O–H groups in total. The van der Waals surface area contributed by atoms with E-state index in [9.17, 15) is 14.4 Å². The maximum Gasteiger partial charge on any atom is 0.328 e. The molecule has 0 aliphatic carbocycles. The Morgan fingerprint density at radius 1 is 1.53 bits per heavy atom. The van der Waals surface area contributed by atoms with Gasteiger partial charge in [0.25, 0.3) is 5.91 Å². The first-order valence-electron chi connectivity index (χ1n) is 4.69. The van der Waals surface area contributed by atoms with Gasteiger partial charge in [-0.15, -0.1) is 0 Å². The first-order chi connectivity index (χ1) is 7.88. The molecular weight excluding hydrogens is 248 g/mol. The standard InChI is InChI=1S/C9H12N2O5S/c1-4-6(17-9(16)11(4)2)7(13)10-5(3-12)8(14)15/h5,12H,3H2,1-2H3,(H,10,13)(H,14,15). The van der Waals surface area contributed by atoms with Crippen molar-refractivity contribution >= 4 is 23.2 Å². The molecule has 0 saturated carbocycles. The van der Waals surface area contributed by atoms with Crippen LogP contribution in [0.2, 0.25) is 0 Å². The molecule has 1 aromatic rings. The Morgan fingerprint density at radius 3 is 2.47 bits per heavy atom. The number of nitrogens with one attached hydrogen (secondary N) is 1. The smallest absolute Gasteiger partial charge is 0.328 e. The van der Waals surface area contributed by atoms with E-state index in [4.69, 9.17) is 10.2 Å². The monoisotopic (exact) mass is 260 g/mol. The van der Waals surface area contributed by atoms with Gasteiger partial charge in [0.05, 0.1) is 6.61 Å². The van der Waals surface area contributed by atoms with Gasteiger partial charge in [-0.3, -0.25) is 9.59 Å². The summed E-state index contributed by atoms with van der Waals surface area (Å²) in [6, 6.07) is -1.37. The summed E-state index contributed by atoms with van der Waals surface area (Å²) < 4.78 is 1.30. The van der Waals surface area contributed by atoms with Crippen molar-refractivity contribution in [1.29, 1.82) is 0 Å². The van der Waals surface area contributed by atoms with E-state index >= 15 is 0 Å². The zero-order chi connectivity index (χ0) is 13.2. The molecule has 1 amide bonds. The molecule has 1 heterocycles. The second-order valence-electron chi connectivity index (χ2n) is 3.39. The van der Waals surface area contributed by atoms with Crippen LogP contribution in [-0.2, 0) is 11.8 Å². The van der Waals surface area contributed by atoms with E-state index in [-0.39, 0.29) is 9.75 Å². The lowest BCUT2D eigenvalue weighted by Crippen LogP contribution is -2.43. The van der Waals surface area contributed by atoms with E-state index in [0.29, 0.717) is 5.69 Å². The molecule has 0 fully saturated rings. The van der Waals surface area contributed by atoms with Gasteiger partial charge < -0.3 is 20.1 Å². The minimum absolute atomic E-state index is 0.150. The van der Waals surface area contributed by atoms with Crippen molar-refractivity contribution in [2.24, 2.45) is 7.05 Å². The highest BCUT2D eigenvalue weighted by Gasteiger charge is 2.22. The van der Waals surface area contributed by atoms with Gasteiger partial charge in [-0.25, -0.2) is 4.79 Å². The van der Waals surface area contributed by atoms with Gasteiger partial charge in [0.15, 0.2) is 6.04 Å². The van der Waals surface area contributed by atoms with Crippen LogP contribution in [0.25, 0.3) is 0 Å². The molecule has 17 heavy (non-hydrogen) atoms. The van der Waals surface area contributed by atoms with Gasteiger partial charge in [0.1, 0.15) is 4.88 Å². The van der Waals surface area contributed by atoms with Crippen LogP contribution in [0.15, 0.2) is 4.79 Å². The molecule has 0 aliphatic heterocycles. The van der Waals surface area contributed by atoms with Crippen molar-refractivity contribution in [1.82, 2.24) is 9.88 Å². The number of carboxylic acids is 1. The van der Waals surface area contributed by atoms with Gasteiger partial charge >= 0.3 is 10.8 Å². The van der Waals surface area contributed by atoms with Gasteiger partial charge in [-0.05, 0) is 6.92 Å². The fourth-order valence-electron chi connectivity index (χ4n) is 1.14. The summed E-state index contributed by atoms with van der Waals surface area (Å²) in [5.41, 5.74) is 0.458. The molecule has 8 heteroatoms. The Bertz CT molecular complexity index is 504. The number of thiazole rings is 1. The molecule has 0 aliphatic rings. The Morgan fingerprint density at radius 2 is 2.12 bits per heavy atom. The zero-order valence-corrected chi connectivity index (χ0v) is 10.1. The average molecular weight is 260 g/mol. The van der Waals surface area contributed by atoms with E-state index < -0.39 is 24.5 Å². The van der Waals surface area contributed by atoms with Crippen LogP contribution in [0.5, 0.6) is 0 Å². The Balaban J connectivity index is 2.94. The highest BCUT2D eigenvalue weighted by molar-refractivity contribution is 7.11. The lowest BCUT2D eigenvalue weighted by atomic mass is 10.3. The number of aliphatic carboxylic acids is 1. The minimum Gasteiger partial charge on any atom is -0.480 e. The number of hydrogen-bond donors (Lipinski definition) is 3. The Hall–Kier alpha value is -1.67. The normalized spacial score (nSPS) is 12.2. The minimum atomic E-state index is -1.37. The van der Waals surface area contributed by atoms with Crippen molar-refractivity contribution in [2.75, 3.05) is 6.61 Å². The molecule has 0 saturated heterocycles. The molecule has 0 aromatic carbocycles. The summed E-state index contributed by atoms with van der Waals surface area (Å²) >= 11 is 0.734. The number of amides is 1. The molecular formula is C9H12N2O5S. The molecule has 1 unspecified atom stereocenters. The maximum absolute atomic E-state index is 11.7. The van der Waals surface area contributed by atoms with Crippen LogP contribution >= 0.6 is 11.3 Å². The first kappa shape index (κ1) is 13.4. The average Bonchev–Trinajstić information content (AvgIpc) is 2.53. The van der Waals surface area contributed by atoms with Crippen LogP contribution in [0.4, 0.5) is 0 Å². The number of rotatable bonds is 4. The van der Waals surface area contributed by atoms with Gasteiger partial charge in [-0.1, -0.05) is 11.3 Å². The second-order valence-corrected chi connectivity index (χ2v) is 4.35. The fraction of sp³-hybridized carbons (Fsp3) is 0.444. The van der Waals surface area contributed by atoms with Crippen molar-refractivity contribution in [3.8, 4) is 0 Å². The fourth-order valence-corrected chi connectivity index (χ4v) is 2.02. The molecule has 0 spiro atoms. The van der Waals surface area contributed by atoms with Crippen molar-refractivity contribution in [3.63, 3.8) is 0 Å². The third-order valence-electron chi connectivity index (χ3n) is 2.29. The van der Waals surface area contributed by atoms with Crippen LogP contribution in [-0.4, -0.2) is 39.3 Å². The summed E-state index contributed by atoms with van der Waals surface area (Å²) in [6.45, 7) is 0.878. The predicted molar refractivity (Wildman–Crippen MR) is 60.3 cm³/mol. The zero-order valence-electron chi connectivity index (χ0n) is 9.26. The van der Waals surface area contributed by atoms with Crippen LogP contribution in [0, 0.1) is 6.92 Å². The summed E-state index contributed by atoms with van der Waals surface area (Å²) in [4.78, 5) is 33.4. The van der Waals surface area contributed by atoms with E-state index in [1.807, 2.05) is 0 Å². The molecule has 0 radical (unpaired) electrons. The van der Waals surface area contributed by atoms with E-state index in [2.05, 4.69) is 5.32 Å². The second kappa shape index (κ2) is 5.11. The van der Waals surface area contributed by atoms with Crippen LogP contribution in [0.1, 0.15) is 15.4 Å². The number of aromatic nitrogens is 1. The number of carboxylic acid groups (broad SMARTS) is 1. The quantitative estimate of drug-likeness (QED) is 0.639. The van der Waals surface area contributed by atoms with Crippen molar-refractivity contribution < 1.29 is 19.8 Å². The molecule has 1 atom stereocenters. The summed E-state index contributed by atoms with van der Waals surface area (Å²) in [6.07, 6.45) is 0. The highest BCUT2D eigenvalue weighted by Crippen LogP contribution is 2.10. The Kier molecular flexibility index (Phi) is 4.02. The SMILES string of the molecule is Cc1c(C(=O)NC(CO)C(=O)O)sc(=O)n1C. The number of aliphatic hydroxyl groups excluding tert-OH is 1. The molecule has 7 nitrogen and oxygen atoms in total. The summed E-state index contributed by atoms with van der Waals surface area (Å²) in [5.74, 6) is -2.01. The lowest BCUT2D eigenvalue weighted by molar-refractivity contribution is -0.140. The number of carbonyl (C=O) groups is 2. The van der Waals surface area contributed by atoms with Crippen LogP contribution < -0.4 is 10.2 Å². The first-order valence-corrected chi connectivity index (χ1v) is 5.51. The van der Waals surface area contributed by atoms with E-state index in [1.165, 1.54) is 11.6 Å². The third kappa shape index (κ3) is 2.71. The highest BCUT2D eigenvalue weighted by atomic mass is 32.1. The summed E-state index contributed by atoms with van der Waals surface area (Å²) in [5, 5.41) is 19.6. The Labute approximate surface area is 100 Å². The summed E-state index contributed by atoms with van der Waals surface area (Å²) in [7, 11) is 1.52. The lowest BCUT2D eigenvalue weighted by Gasteiger charge is -2.10. The van der Waals surface area contributed by atoms with Gasteiger partial charge in [0.2, 0.25) is 0 Å². The van der Waals surface area contributed by atoms with E-state index in [1.54, 1.807) is 6.92 Å². The molecule has 1 rings (SSSR count). The van der Waals surface area contributed by atoms with Gasteiger partial charge in [0, 0.05) is 12.7 Å². The third-order valence-corrected chi connectivity index (χ3v) is 3.42. The number of nitrogens with zero attached hydrogens (tertiary/aromatic N) is 1. The van der Waals surface area contributed by atoms with Crippen molar-refractivity contribution in [3.05, 3.63) is 20.2 Å². The molecule has 1 aromatic heterocycles. The number of carbonyl (C=O) groups excluding carboxylic acids is 1. The maximum atomic E-state index is 11.7. The number of aliphatic hydroxyl groups is 1. The van der Waals surface area contributed by atoms with Crippen molar-refractivity contribution in [2.45, 2.75) is 13.0 Å².